The molecule has 10 N–H and O–H groups in total. The molecule has 0 bridgehead atoms. The summed E-state index contributed by atoms with van der Waals surface area (Å²) in [7, 11) is -5.21. The van der Waals surface area contributed by atoms with Crippen molar-refractivity contribution in [2.24, 2.45) is 0 Å². The van der Waals surface area contributed by atoms with Gasteiger partial charge in [-0.1, -0.05) is 7.60 Å². The van der Waals surface area contributed by atoms with Crippen molar-refractivity contribution in [2.45, 2.75) is 24.4 Å². The summed E-state index contributed by atoms with van der Waals surface area (Å²) in [6.07, 6.45) is -7.54. The molecular weight excluding hydrogens is 345 g/mol. The Morgan fingerprint density at radius 3 is 2.43 bits per heavy atom. The van der Waals surface area contributed by atoms with Gasteiger partial charge in [0.2, 0.25) is 6.23 Å². The van der Waals surface area contributed by atoms with E-state index in [9.17, 15) is 37.8 Å². The van der Waals surface area contributed by atoms with Gasteiger partial charge in [-0.25, -0.2) is 4.79 Å². The first kappa shape index (κ1) is 21.5. The predicted molar refractivity (Wildman–Crippen MR) is 70.6 cm³/mol. The van der Waals surface area contributed by atoms with Gasteiger partial charge in [-0.2, -0.15) is 8.78 Å². The maximum Gasteiger partial charge on any atom is 0.330 e. The highest BCUT2D eigenvalue weighted by Gasteiger charge is 2.59. The number of alkyl halides is 2. The number of rotatable bonds is 3. The number of nitrogens with zero attached hydrogens (tertiary/aromatic N) is 1. The molecule has 1 aliphatic rings. The Morgan fingerprint density at radius 2 is 1.96 bits per heavy atom. The van der Waals surface area contributed by atoms with E-state index in [4.69, 9.17) is 0 Å². The van der Waals surface area contributed by atoms with Crippen LogP contribution in [0.2, 0.25) is 0 Å². The average Bonchev–Trinajstić information content (AvgIpc) is 2.51. The van der Waals surface area contributed by atoms with Crippen molar-refractivity contribution in [3.05, 3.63) is 33.1 Å². The predicted octanol–water partition coefficient (Wildman–Crippen LogP) is -1.90. The lowest BCUT2D eigenvalue weighted by Gasteiger charge is -2.32. The number of hydrogen-bond acceptors (Lipinski definition) is 7. The lowest BCUT2D eigenvalue weighted by Crippen LogP contribution is -2.43. The molecule has 0 aromatic carbocycles. The first-order valence-electron chi connectivity index (χ1n) is 5.56. The van der Waals surface area contributed by atoms with Gasteiger partial charge in [-0.05, 0) is 0 Å². The Kier molecular flexibility index (Phi) is 6.52. The quantitative estimate of drug-likeness (QED) is 0.446. The molecule has 1 saturated heterocycles. The van der Waals surface area contributed by atoms with Crippen molar-refractivity contribution >= 4 is 7.60 Å². The molecule has 134 valence electrons. The summed E-state index contributed by atoms with van der Waals surface area (Å²) in [5, 5.41) is 9.40. The molecule has 3 atom stereocenters. The molecule has 23 heavy (non-hydrogen) atoms. The highest BCUT2D eigenvalue weighted by Crippen LogP contribution is 2.44. The second-order valence-electron chi connectivity index (χ2n) is 4.46. The Bertz CT molecular complexity index is 702. The lowest BCUT2D eigenvalue weighted by molar-refractivity contribution is -0.315. The zero-order valence-corrected chi connectivity index (χ0v) is 13.0. The Hall–Kier alpha value is -1.47. The number of H-pyrrole nitrogens is 1. The van der Waals surface area contributed by atoms with E-state index in [1.807, 2.05) is 0 Å². The molecule has 14 heteroatoms. The van der Waals surface area contributed by atoms with Crippen molar-refractivity contribution in [1.29, 1.82) is 0 Å². The molecule has 0 unspecified atom stereocenters. The van der Waals surface area contributed by atoms with Crippen molar-refractivity contribution in [3.8, 4) is 0 Å². The van der Waals surface area contributed by atoms with Crippen LogP contribution in [0, 0.1) is 0 Å². The van der Waals surface area contributed by atoms with Crippen LogP contribution in [0.25, 0.3) is 0 Å². The van der Waals surface area contributed by atoms with Crippen molar-refractivity contribution in [2.75, 3.05) is 6.16 Å². The largest absolute Gasteiger partial charge is 0.811 e. The molecule has 2 heterocycles. The van der Waals surface area contributed by atoms with Crippen LogP contribution in [0.1, 0.15) is 6.23 Å². The zero-order chi connectivity index (χ0) is 16.0. The minimum absolute atomic E-state index is 0. The summed E-state index contributed by atoms with van der Waals surface area (Å²) in [5.41, 5.74) is -2.06. The number of aromatic nitrogens is 2. The Morgan fingerprint density at radius 1 is 1.39 bits per heavy atom. The van der Waals surface area contributed by atoms with Gasteiger partial charge in [-0.15, -0.1) is 0 Å². The van der Waals surface area contributed by atoms with Crippen LogP contribution < -0.4 is 33.3 Å². The molecule has 0 saturated carbocycles. The molecule has 11 nitrogen and oxygen atoms in total. The summed E-state index contributed by atoms with van der Waals surface area (Å²) >= 11 is 0. The maximum atomic E-state index is 13.9. The fourth-order valence-electron chi connectivity index (χ4n) is 1.95. The van der Waals surface area contributed by atoms with E-state index < -0.39 is 49.4 Å². The number of ether oxygens (including phenoxy) is 1. The number of quaternary nitrogens is 2. The summed E-state index contributed by atoms with van der Waals surface area (Å²) in [5.74, 6) is -4.03. The van der Waals surface area contributed by atoms with Gasteiger partial charge in [0, 0.05) is 18.4 Å². The first-order valence-corrected chi connectivity index (χ1v) is 7.29. The number of aromatic amines is 1. The summed E-state index contributed by atoms with van der Waals surface area (Å²) in [4.78, 5) is 45.3. The van der Waals surface area contributed by atoms with Crippen LogP contribution in [0.5, 0.6) is 0 Å². The van der Waals surface area contributed by atoms with E-state index in [1.165, 1.54) is 0 Å². The molecular formula is C9H17F2N4O7P. The van der Waals surface area contributed by atoms with Crippen LogP contribution in [0.4, 0.5) is 8.78 Å². The van der Waals surface area contributed by atoms with E-state index >= 15 is 0 Å². The van der Waals surface area contributed by atoms with E-state index in [2.05, 4.69) is 4.74 Å². The normalized spacial score (nSPS) is 26.2. The highest BCUT2D eigenvalue weighted by atomic mass is 31.2. The van der Waals surface area contributed by atoms with E-state index in [0.717, 1.165) is 6.07 Å². The van der Waals surface area contributed by atoms with Gasteiger partial charge < -0.3 is 36.5 Å². The van der Waals surface area contributed by atoms with Crippen LogP contribution >= 0.6 is 7.60 Å². The molecule has 2 rings (SSSR count). The fourth-order valence-corrected chi connectivity index (χ4v) is 2.68. The monoisotopic (exact) mass is 362 g/mol. The van der Waals surface area contributed by atoms with Crippen LogP contribution in [0.15, 0.2) is 21.9 Å². The molecule has 0 aliphatic carbocycles. The Labute approximate surface area is 127 Å². The second kappa shape index (κ2) is 6.97. The zero-order valence-electron chi connectivity index (χ0n) is 12.1. The molecule has 0 amide bonds. The standard InChI is InChI=1S/C9H11F2N2O7P.2H3N/c10-9(11)6(15)4(3-21(17,18)19)20-7(9)13-2-1-5(14)12-8(13)16;;/h1-2,4,6-7,15H,3H2,(H,12,14,16)(H2,17,18,19);2*1H3/t4-,6-,7-;;/m1../s1. The third kappa shape index (κ3) is 4.29. The van der Waals surface area contributed by atoms with Crippen LogP contribution in [0.3, 0.4) is 0 Å². The number of aliphatic hydroxyl groups excluding tert-OH is 1. The van der Waals surface area contributed by atoms with Gasteiger partial charge in [0.05, 0.1) is 6.10 Å². The molecule has 1 fully saturated rings. The van der Waals surface area contributed by atoms with Gasteiger partial charge in [0.1, 0.15) is 6.10 Å². The van der Waals surface area contributed by atoms with Gasteiger partial charge in [0.25, 0.3) is 5.56 Å². The van der Waals surface area contributed by atoms with Crippen LogP contribution in [-0.4, -0.2) is 38.9 Å². The molecule has 0 spiro atoms. The minimum Gasteiger partial charge on any atom is -0.811 e. The SMILES string of the molecule is O=c1ccn([C@@H]2O[C@H](CP(=O)([O-])[O-])[C@@H](O)C2(F)F)c(=O)[nH]1.[NH4+].[NH4+]. The third-order valence-electron chi connectivity index (χ3n) is 2.89. The first-order chi connectivity index (χ1) is 9.52. The minimum atomic E-state index is -5.21. The topological polar surface area (TPSA) is 221 Å². The highest BCUT2D eigenvalue weighted by molar-refractivity contribution is 7.48. The second-order valence-corrected chi connectivity index (χ2v) is 6.04. The third-order valence-corrected chi connectivity index (χ3v) is 3.69. The number of hydrogen-bond donors (Lipinski definition) is 4. The summed E-state index contributed by atoms with van der Waals surface area (Å²) < 4.78 is 43.3. The number of halogens is 2. The van der Waals surface area contributed by atoms with Gasteiger partial charge in [0.15, 0.2) is 0 Å². The molecule has 1 aromatic rings. The summed E-state index contributed by atoms with van der Waals surface area (Å²) in [6.45, 7) is 0. The molecule has 0 radical (unpaired) electrons. The maximum absolute atomic E-state index is 13.9. The van der Waals surface area contributed by atoms with Gasteiger partial charge >= 0.3 is 11.6 Å². The van der Waals surface area contributed by atoms with Crippen molar-refractivity contribution in [1.82, 2.24) is 21.9 Å². The smallest absolute Gasteiger partial charge is 0.330 e. The molecule has 1 aromatic heterocycles. The molecule has 1 aliphatic heterocycles. The Balaban J connectivity index is 0.00000242. The van der Waals surface area contributed by atoms with E-state index in [0.29, 0.717) is 10.8 Å². The van der Waals surface area contributed by atoms with Crippen LogP contribution in [-0.2, 0) is 9.30 Å². The van der Waals surface area contributed by atoms with Gasteiger partial charge in [-0.3, -0.25) is 14.3 Å². The fraction of sp³-hybridized carbons (Fsp3) is 0.556. The van der Waals surface area contributed by atoms with Crippen molar-refractivity contribution < 1.29 is 33.0 Å². The van der Waals surface area contributed by atoms with Crippen molar-refractivity contribution in [3.63, 3.8) is 0 Å². The number of aliphatic hydroxyl groups is 1. The lowest BCUT2D eigenvalue weighted by atomic mass is 10.1. The number of nitrogens with one attached hydrogen (secondary N) is 1. The van der Waals surface area contributed by atoms with E-state index in [1.54, 1.807) is 4.98 Å². The van der Waals surface area contributed by atoms with E-state index in [-0.39, 0.29) is 12.3 Å². The average molecular weight is 362 g/mol. The summed E-state index contributed by atoms with van der Waals surface area (Å²) in [6, 6.07) is 0.770.